The van der Waals surface area contributed by atoms with Gasteiger partial charge in [0.05, 0.1) is 5.69 Å². The molecule has 2 rings (SSSR count). The Hall–Kier alpha value is -1.57. The fourth-order valence-corrected chi connectivity index (χ4v) is 2.02. The van der Waals surface area contributed by atoms with Gasteiger partial charge in [-0.05, 0) is 19.4 Å². The van der Waals surface area contributed by atoms with Crippen LogP contribution in [0, 0.1) is 13.8 Å². The van der Waals surface area contributed by atoms with Crippen LogP contribution in [0.4, 0.5) is 0 Å². The van der Waals surface area contributed by atoms with Gasteiger partial charge in [-0.2, -0.15) is 0 Å². The number of aromatic nitrogens is 1. The minimum Gasteiger partial charge on any atom is -0.361 e. The molecular formula is C13H15NO. The lowest BCUT2D eigenvalue weighted by molar-refractivity contribution is 0.392. The molecule has 0 saturated heterocycles. The number of nitrogens with zero attached hydrogens (tertiary/aromatic N) is 1. The van der Waals surface area contributed by atoms with Gasteiger partial charge in [0.2, 0.25) is 0 Å². The largest absolute Gasteiger partial charge is 0.361 e. The lowest BCUT2D eigenvalue weighted by Crippen LogP contribution is -1.98. The summed E-state index contributed by atoms with van der Waals surface area (Å²) < 4.78 is 5.19. The van der Waals surface area contributed by atoms with Crippen molar-refractivity contribution >= 4 is 0 Å². The van der Waals surface area contributed by atoms with E-state index in [4.69, 9.17) is 4.52 Å². The van der Waals surface area contributed by atoms with E-state index in [2.05, 4.69) is 36.3 Å². The van der Waals surface area contributed by atoms with Crippen molar-refractivity contribution in [2.24, 2.45) is 0 Å². The zero-order chi connectivity index (χ0) is 10.8. The summed E-state index contributed by atoms with van der Waals surface area (Å²) in [7, 11) is 0. The monoisotopic (exact) mass is 201 g/mol. The molecule has 1 unspecified atom stereocenters. The van der Waals surface area contributed by atoms with Crippen LogP contribution in [0.1, 0.15) is 35.4 Å². The van der Waals surface area contributed by atoms with Crippen LogP contribution in [0.15, 0.2) is 34.9 Å². The number of benzene rings is 1. The van der Waals surface area contributed by atoms with Crippen molar-refractivity contribution in [3.63, 3.8) is 0 Å². The number of hydrogen-bond donors (Lipinski definition) is 0. The molecule has 1 atom stereocenters. The van der Waals surface area contributed by atoms with Crippen molar-refractivity contribution in [2.75, 3.05) is 0 Å². The molecular weight excluding hydrogens is 186 g/mol. The molecule has 0 aliphatic carbocycles. The quantitative estimate of drug-likeness (QED) is 0.743. The van der Waals surface area contributed by atoms with Gasteiger partial charge in [0.25, 0.3) is 0 Å². The van der Waals surface area contributed by atoms with Gasteiger partial charge in [-0.3, -0.25) is 0 Å². The predicted molar refractivity (Wildman–Crippen MR) is 59.9 cm³/mol. The molecule has 0 amide bonds. The fraction of sp³-hybridized carbons (Fsp3) is 0.308. The van der Waals surface area contributed by atoms with E-state index in [0.717, 1.165) is 11.5 Å². The molecule has 1 aromatic heterocycles. The van der Waals surface area contributed by atoms with Crippen LogP contribution in [-0.2, 0) is 0 Å². The lowest BCUT2D eigenvalue weighted by atomic mass is 9.92. The number of aryl methyl sites for hydroxylation is 2. The first kappa shape index (κ1) is 9.97. The predicted octanol–water partition coefficient (Wildman–Crippen LogP) is 3.44. The maximum atomic E-state index is 5.19. The minimum absolute atomic E-state index is 0.345. The van der Waals surface area contributed by atoms with Crippen LogP contribution in [-0.4, -0.2) is 5.16 Å². The highest BCUT2D eigenvalue weighted by Gasteiger charge is 2.17. The molecule has 0 N–H and O–H groups in total. The Labute approximate surface area is 89.9 Å². The van der Waals surface area contributed by atoms with E-state index in [1.165, 1.54) is 11.1 Å². The third-order valence-corrected chi connectivity index (χ3v) is 2.82. The molecule has 2 aromatic rings. The second kappa shape index (κ2) is 3.89. The Kier molecular flexibility index (Phi) is 2.58. The highest BCUT2D eigenvalue weighted by atomic mass is 16.5. The van der Waals surface area contributed by atoms with Gasteiger partial charge in [-0.15, -0.1) is 0 Å². The standard InChI is InChI=1S/C13H15NO/c1-9(12-7-5-4-6-8-12)13-10(2)14-15-11(13)3/h4-9H,1-3H3. The maximum Gasteiger partial charge on any atom is 0.137 e. The molecule has 1 aromatic carbocycles. The summed E-state index contributed by atoms with van der Waals surface area (Å²) in [5, 5.41) is 3.99. The van der Waals surface area contributed by atoms with E-state index in [1.807, 2.05) is 19.9 Å². The SMILES string of the molecule is Cc1noc(C)c1C(C)c1ccccc1. The van der Waals surface area contributed by atoms with Crippen LogP contribution in [0.5, 0.6) is 0 Å². The summed E-state index contributed by atoms with van der Waals surface area (Å²) in [6.45, 7) is 6.14. The minimum atomic E-state index is 0.345. The molecule has 1 heterocycles. The Morgan fingerprint density at radius 2 is 1.80 bits per heavy atom. The summed E-state index contributed by atoms with van der Waals surface area (Å²) in [6.07, 6.45) is 0. The van der Waals surface area contributed by atoms with E-state index in [0.29, 0.717) is 5.92 Å². The molecule has 0 saturated carbocycles. The van der Waals surface area contributed by atoms with Gasteiger partial charge in [0.15, 0.2) is 0 Å². The molecule has 15 heavy (non-hydrogen) atoms. The second-order valence-corrected chi connectivity index (χ2v) is 3.87. The molecule has 2 nitrogen and oxygen atoms in total. The highest BCUT2D eigenvalue weighted by Crippen LogP contribution is 2.28. The van der Waals surface area contributed by atoms with Crippen molar-refractivity contribution in [3.8, 4) is 0 Å². The summed E-state index contributed by atoms with van der Waals surface area (Å²) >= 11 is 0. The third kappa shape index (κ3) is 1.80. The Morgan fingerprint density at radius 3 is 2.33 bits per heavy atom. The van der Waals surface area contributed by atoms with Crippen molar-refractivity contribution in [1.82, 2.24) is 5.16 Å². The van der Waals surface area contributed by atoms with Gasteiger partial charge < -0.3 is 4.52 Å². The number of rotatable bonds is 2. The second-order valence-electron chi connectivity index (χ2n) is 3.87. The molecule has 2 heteroatoms. The average molecular weight is 201 g/mol. The van der Waals surface area contributed by atoms with Crippen molar-refractivity contribution in [3.05, 3.63) is 52.9 Å². The van der Waals surface area contributed by atoms with Crippen molar-refractivity contribution in [1.29, 1.82) is 0 Å². The molecule has 0 bridgehead atoms. The zero-order valence-corrected chi connectivity index (χ0v) is 9.32. The van der Waals surface area contributed by atoms with Crippen LogP contribution in [0.3, 0.4) is 0 Å². The Bertz CT molecular complexity index is 425. The lowest BCUT2D eigenvalue weighted by Gasteiger charge is -2.11. The third-order valence-electron chi connectivity index (χ3n) is 2.82. The van der Waals surface area contributed by atoms with Gasteiger partial charge in [0, 0.05) is 11.5 Å². The number of hydrogen-bond acceptors (Lipinski definition) is 2. The Balaban J connectivity index is 2.41. The topological polar surface area (TPSA) is 26.0 Å². The molecule has 78 valence electrons. The fourth-order valence-electron chi connectivity index (χ4n) is 2.02. The summed E-state index contributed by atoms with van der Waals surface area (Å²) in [5.74, 6) is 1.27. The van der Waals surface area contributed by atoms with E-state index >= 15 is 0 Å². The van der Waals surface area contributed by atoms with Gasteiger partial charge in [-0.25, -0.2) is 0 Å². The normalized spacial score (nSPS) is 12.7. The van der Waals surface area contributed by atoms with Gasteiger partial charge >= 0.3 is 0 Å². The van der Waals surface area contributed by atoms with E-state index in [-0.39, 0.29) is 0 Å². The van der Waals surface area contributed by atoms with Crippen molar-refractivity contribution < 1.29 is 4.52 Å². The van der Waals surface area contributed by atoms with Crippen LogP contribution < -0.4 is 0 Å². The first-order valence-corrected chi connectivity index (χ1v) is 5.18. The Morgan fingerprint density at radius 1 is 1.13 bits per heavy atom. The summed E-state index contributed by atoms with van der Waals surface area (Å²) in [6, 6.07) is 10.4. The maximum absolute atomic E-state index is 5.19. The van der Waals surface area contributed by atoms with Crippen LogP contribution >= 0.6 is 0 Å². The molecule has 0 aliphatic rings. The van der Waals surface area contributed by atoms with E-state index < -0.39 is 0 Å². The van der Waals surface area contributed by atoms with Crippen LogP contribution in [0.2, 0.25) is 0 Å². The molecule has 0 fully saturated rings. The average Bonchev–Trinajstić information content (AvgIpc) is 2.59. The van der Waals surface area contributed by atoms with E-state index in [9.17, 15) is 0 Å². The highest BCUT2D eigenvalue weighted by molar-refractivity contribution is 5.35. The van der Waals surface area contributed by atoms with E-state index in [1.54, 1.807) is 0 Å². The van der Waals surface area contributed by atoms with Gasteiger partial charge in [-0.1, -0.05) is 42.4 Å². The zero-order valence-electron chi connectivity index (χ0n) is 9.32. The molecule has 0 radical (unpaired) electrons. The summed E-state index contributed by atoms with van der Waals surface area (Å²) in [4.78, 5) is 0. The van der Waals surface area contributed by atoms with Crippen LogP contribution in [0.25, 0.3) is 0 Å². The molecule has 0 spiro atoms. The van der Waals surface area contributed by atoms with Crippen molar-refractivity contribution in [2.45, 2.75) is 26.7 Å². The first-order chi connectivity index (χ1) is 7.20. The summed E-state index contributed by atoms with van der Waals surface area (Å²) in [5.41, 5.74) is 3.50. The van der Waals surface area contributed by atoms with Gasteiger partial charge in [0.1, 0.15) is 5.76 Å². The molecule has 0 aliphatic heterocycles. The first-order valence-electron chi connectivity index (χ1n) is 5.18. The smallest absolute Gasteiger partial charge is 0.137 e.